The lowest BCUT2D eigenvalue weighted by Crippen LogP contribution is -2.45. The van der Waals surface area contributed by atoms with Gasteiger partial charge in [0.2, 0.25) is 5.91 Å². The molecule has 3 rings (SSSR count). The molecule has 0 saturated heterocycles. The Morgan fingerprint density at radius 1 is 1.07 bits per heavy atom. The number of amides is 3. The van der Waals surface area contributed by atoms with E-state index in [-0.39, 0.29) is 18.8 Å². The lowest BCUT2D eigenvalue weighted by molar-refractivity contribution is -0.151. The first-order valence-electron chi connectivity index (χ1n) is 9.04. The fraction of sp³-hybridized carbons (Fsp3) is 0.238. The molecule has 0 spiro atoms. The Morgan fingerprint density at radius 3 is 2.59 bits per heavy atom. The Hall–Kier alpha value is -3.55. The SMILES string of the molecule is O=C(COC(=O)CN1C(=O)Cc2ccccc2C1=O)NCCc1ccccc1F. The standard InChI is InChI=1S/C21H19FN2O5/c22-17-8-4-2-5-14(17)9-10-23-18(25)13-29-20(27)12-24-19(26)11-15-6-1-3-7-16(15)21(24)28/h1-8H,9-13H2,(H,23,25). The van der Waals surface area contributed by atoms with Gasteiger partial charge in [-0.3, -0.25) is 24.1 Å². The van der Waals surface area contributed by atoms with Crippen molar-refractivity contribution in [3.63, 3.8) is 0 Å². The van der Waals surface area contributed by atoms with E-state index < -0.39 is 36.8 Å². The summed E-state index contributed by atoms with van der Waals surface area (Å²) >= 11 is 0. The van der Waals surface area contributed by atoms with E-state index in [1.165, 1.54) is 6.07 Å². The third-order valence-corrected chi connectivity index (χ3v) is 4.46. The second kappa shape index (κ2) is 9.09. The van der Waals surface area contributed by atoms with E-state index in [2.05, 4.69) is 5.32 Å². The van der Waals surface area contributed by atoms with Crippen molar-refractivity contribution in [1.82, 2.24) is 10.2 Å². The van der Waals surface area contributed by atoms with Crippen molar-refractivity contribution in [2.45, 2.75) is 12.8 Å². The van der Waals surface area contributed by atoms with Crippen molar-refractivity contribution in [1.29, 1.82) is 0 Å². The van der Waals surface area contributed by atoms with Crippen molar-refractivity contribution in [2.24, 2.45) is 0 Å². The number of imide groups is 1. The molecule has 150 valence electrons. The average Bonchev–Trinajstić information content (AvgIpc) is 2.71. The number of nitrogens with zero attached hydrogens (tertiary/aromatic N) is 1. The van der Waals surface area contributed by atoms with Crippen molar-refractivity contribution >= 4 is 23.7 Å². The summed E-state index contributed by atoms with van der Waals surface area (Å²) in [5, 5.41) is 2.52. The van der Waals surface area contributed by atoms with Crippen LogP contribution in [0.2, 0.25) is 0 Å². The van der Waals surface area contributed by atoms with Gasteiger partial charge in [-0.1, -0.05) is 36.4 Å². The van der Waals surface area contributed by atoms with Crippen LogP contribution in [0.4, 0.5) is 4.39 Å². The smallest absolute Gasteiger partial charge is 0.326 e. The predicted molar refractivity (Wildman–Crippen MR) is 100 cm³/mol. The second-order valence-corrected chi connectivity index (χ2v) is 6.47. The summed E-state index contributed by atoms with van der Waals surface area (Å²) in [4.78, 5) is 49.1. The van der Waals surface area contributed by atoms with Crippen LogP contribution in [0.3, 0.4) is 0 Å². The second-order valence-electron chi connectivity index (χ2n) is 6.47. The lowest BCUT2D eigenvalue weighted by Gasteiger charge is -2.25. The summed E-state index contributed by atoms with van der Waals surface area (Å²) in [5.41, 5.74) is 1.44. The number of ether oxygens (including phenoxy) is 1. The van der Waals surface area contributed by atoms with Crippen molar-refractivity contribution < 1.29 is 28.3 Å². The normalized spacial score (nSPS) is 13.1. The van der Waals surface area contributed by atoms with Crippen LogP contribution in [-0.2, 0) is 32.0 Å². The van der Waals surface area contributed by atoms with E-state index in [1.807, 2.05) is 0 Å². The molecule has 1 heterocycles. The number of carbonyl (C=O) groups excluding carboxylic acids is 4. The predicted octanol–water partition coefficient (Wildman–Crippen LogP) is 1.25. The number of carbonyl (C=O) groups is 4. The van der Waals surface area contributed by atoms with Gasteiger partial charge in [-0.15, -0.1) is 0 Å². The zero-order valence-electron chi connectivity index (χ0n) is 15.5. The number of hydrogen-bond acceptors (Lipinski definition) is 5. The van der Waals surface area contributed by atoms with Crippen LogP contribution in [-0.4, -0.2) is 48.3 Å². The Morgan fingerprint density at radius 2 is 1.79 bits per heavy atom. The summed E-state index contributed by atoms with van der Waals surface area (Å²) in [7, 11) is 0. The van der Waals surface area contributed by atoms with Gasteiger partial charge in [0.25, 0.3) is 11.8 Å². The maximum absolute atomic E-state index is 13.5. The molecule has 0 aliphatic carbocycles. The van der Waals surface area contributed by atoms with Gasteiger partial charge < -0.3 is 10.1 Å². The number of fused-ring (bicyclic) bond motifs is 1. The van der Waals surface area contributed by atoms with E-state index in [0.29, 0.717) is 23.1 Å². The van der Waals surface area contributed by atoms with Gasteiger partial charge in [-0.05, 0) is 29.7 Å². The molecule has 0 atom stereocenters. The Balaban J connectivity index is 1.44. The molecule has 3 amide bonds. The average molecular weight is 398 g/mol. The van der Waals surface area contributed by atoms with Gasteiger partial charge in [0, 0.05) is 12.1 Å². The molecule has 8 heteroatoms. The van der Waals surface area contributed by atoms with E-state index >= 15 is 0 Å². The van der Waals surface area contributed by atoms with Crippen LogP contribution in [0.1, 0.15) is 21.5 Å². The Kier molecular flexibility index (Phi) is 6.33. The monoisotopic (exact) mass is 398 g/mol. The van der Waals surface area contributed by atoms with Crippen molar-refractivity contribution in [2.75, 3.05) is 19.7 Å². The minimum absolute atomic E-state index is 0.0196. The first-order chi connectivity index (χ1) is 14.0. The fourth-order valence-corrected chi connectivity index (χ4v) is 2.97. The lowest BCUT2D eigenvalue weighted by atomic mass is 9.98. The van der Waals surface area contributed by atoms with Crippen LogP contribution in [0, 0.1) is 5.82 Å². The quantitative estimate of drug-likeness (QED) is 0.560. The number of benzene rings is 2. The molecule has 0 unspecified atom stereocenters. The fourth-order valence-electron chi connectivity index (χ4n) is 2.97. The molecule has 0 bridgehead atoms. The molecule has 1 aliphatic rings. The number of esters is 1. The van der Waals surface area contributed by atoms with Crippen LogP contribution >= 0.6 is 0 Å². The zero-order valence-corrected chi connectivity index (χ0v) is 15.5. The van der Waals surface area contributed by atoms with Crippen LogP contribution in [0.5, 0.6) is 0 Å². The Labute approximate surface area is 166 Å². The summed E-state index contributed by atoms with van der Waals surface area (Å²) < 4.78 is 18.4. The minimum atomic E-state index is -0.865. The van der Waals surface area contributed by atoms with Crippen LogP contribution in [0.25, 0.3) is 0 Å². The molecule has 0 aromatic heterocycles. The molecule has 29 heavy (non-hydrogen) atoms. The van der Waals surface area contributed by atoms with Crippen LogP contribution < -0.4 is 5.32 Å². The van der Waals surface area contributed by atoms with Crippen molar-refractivity contribution in [3.05, 3.63) is 71.0 Å². The van der Waals surface area contributed by atoms with Gasteiger partial charge in [-0.25, -0.2) is 4.39 Å². The van der Waals surface area contributed by atoms with Gasteiger partial charge in [-0.2, -0.15) is 0 Å². The molecule has 2 aromatic carbocycles. The molecular weight excluding hydrogens is 379 g/mol. The minimum Gasteiger partial charge on any atom is -0.454 e. The van der Waals surface area contributed by atoms with Gasteiger partial charge in [0.1, 0.15) is 12.4 Å². The highest BCUT2D eigenvalue weighted by Crippen LogP contribution is 2.19. The van der Waals surface area contributed by atoms with Crippen LogP contribution in [0.15, 0.2) is 48.5 Å². The number of rotatable bonds is 7. The first kappa shape index (κ1) is 20.2. The van der Waals surface area contributed by atoms with Crippen molar-refractivity contribution in [3.8, 4) is 0 Å². The largest absolute Gasteiger partial charge is 0.454 e. The molecular formula is C21H19FN2O5. The number of halogens is 1. The summed E-state index contributed by atoms with van der Waals surface area (Å²) in [6.45, 7) is -0.936. The Bertz CT molecular complexity index is 960. The molecule has 1 N–H and O–H groups in total. The van der Waals surface area contributed by atoms with Gasteiger partial charge >= 0.3 is 5.97 Å². The summed E-state index contributed by atoms with van der Waals surface area (Å²) in [6, 6.07) is 12.9. The molecule has 2 aromatic rings. The van der Waals surface area contributed by atoms with Gasteiger partial charge in [0.15, 0.2) is 6.61 Å². The molecule has 0 saturated carbocycles. The summed E-state index contributed by atoms with van der Waals surface area (Å²) in [6.07, 6.45) is 0.314. The maximum Gasteiger partial charge on any atom is 0.326 e. The number of hydrogen-bond donors (Lipinski definition) is 1. The molecule has 0 fully saturated rings. The highest BCUT2D eigenvalue weighted by atomic mass is 19.1. The maximum atomic E-state index is 13.5. The topological polar surface area (TPSA) is 92.8 Å². The zero-order chi connectivity index (χ0) is 20.8. The summed E-state index contributed by atoms with van der Waals surface area (Å²) in [5.74, 6) is -2.85. The molecule has 0 radical (unpaired) electrons. The highest BCUT2D eigenvalue weighted by Gasteiger charge is 2.32. The van der Waals surface area contributed by atoms with E-state index in [0.717, 1.165) is 4.90 Å². The highest BCUT2D eigenvalue weighted by molar-refractivity contribution is 6.11. The third kappa shape index (κ3) is 5.04. The third-order valence-electron chi connectivity index (χ3n) is 4.46. The molecule has 7 nitrogen and oxygen atoms in total. The van der Waals surface area contributed by atoms with E-state index in [4.69, 9.17) is 4.74 Å². The van der Waals surface area contributed by atoms with Gasteiger partial charge in [0.05, 0.1) is 6.42 Å². The number of nitrogens with one attached hydrogen (secondary N) is 1. The van der Waals surface area contributed by atoms with E-state index in [1.54, 1.807) is 42.5 Å². The molecule has 1 aliphatic heterocycles. The first-order valence-corrected chi connectivity index (χ1v) is 9.04. The van der Waals surface area contributed by atoms with E-state index in [9.17, 15) is 23.6 Å².